The smallest absolute Gasteiger partial charge is 0.197 e. The Balaban J connectivity index is 0.00000109. The first-order chi connectivity index (χ1) is 11.8. The summed E-state index contributed by atoms with van der Waals surface area (Å²) in [6, 6.07) is 7.52. The van der Waals surface area contributed by atoms with Crippen LogP contribution in [0.5, 0.6) is 0 Å². The van der Waals surface area contributed by atoms with E-state index >= 15 is 0 Å². The molecule has 3 nitrogen and oxygen atoms in total. The van der Waals surface area contributed by atoms with Gasteiger partial charge in [0.1, 0.15) is 0 Å². The first-order valence-corrected chi connectivity index (χ1v) is 9.63. The van der Waals surface area contributed by atoms with Gasteiger partial charge < -0.3 is 9.88 Å². The second-order valence-corrected chi connectivity index (χ2v) is 7.50. The summed E-state index contributed by atoms with van der Waals surface area (Å²) in [5.74, 6) is 0.362. The molecular weight excluding hydrogens is 400 g/mol. The van der Waals surface area contributed by atoms with Crippen molar-refractivity contribution in [3.63, 3.8) is 0 Å². The largest absolute Gasteiger partial charge is 0.375 e. The van der Waals surface area contributed by atoms with Crippen molar-refractivity contribution >= 4 is 55.0 Å². The lowest BCUT2D eigenvalue weighted by atomic mass is 10.0. The fraction of sp³-hybridized carbons (Fsp3) is 0.350. The van der Waals surface area contributed by atoms with Crippen LogP contribution >= 0.6 is 27.5 Å². The molecule has 0 saturated heterocycles. The molecule has 1 heterocycles. The van der Waals surface area contributed by atoms with Crippen LogP contribution in [0.25, 0.3) is 21.8 Å². The molecule has 0 amide bonds. The fourth-order valence-corrected chi connectivity index (χ4v) is 4.05. The van der Waals surface area contributed by atoms with Crippen molar-refractivity contribution < 1.29 is 0 Å². The van der Waals surface area contributed by atoms with E-state index in [0.717, 1.165) is 21.2 Å². The molecule has 0 unspecified atom stereocenters. The Hall–Kier alpha value is -1.52. The van der Waals surface area contributed by atoms with Gasteiger partial charge in [0.05, 0.1) is 21.7 Å². The van der Waals surface area contributed by atoms with Gasteiger partial charge in [-0.15, -0.1) is 0 Å². The van der Waals surface area contributed by atoms with Gasteiger partial charge >= 0.3 is 0 Å². The number of fused-ring (bicyclic) bond motifs is 2. The topological polar surface area (TPSA) is 36.1 Å². The maximum Gasteiger partial charge on any atom is 0.197 e. The average Bonchev–Trinajstić information content (AvgIpc) is 2.56. The van der Waals surface area contributed by atoms with Crippen molar-refractivity contribution in [3.05, 3.63) is 49.5 Å². The van der Waals surface area contributed by atoms with Crippen LogP contribution in [-0.4, -0.2) is 19.1 Å². The number of benzene rings is 2. The molecule has 5 heteroatoms. The highest BCUT2D eigenvalue weighted by Gasteiger charge is 2.15. The van der Waals surface area contributed by atoms with E-state index < -0.39 is 0 Å². The van der Waals surface area contributed by atoms with E-state index in [-0.39, 0.29) is 5.43 Å². The van der Waals surface area contributed by atoms with Gasteiger partial charge in [-0.2, -0.15) is 0 Å². The first kappa shape index (κ1) is 19.8. The van der Waals surface area contributed by atoms with E-state index in [2.05, 4.69) is 34.8 Å². The third-order valence-electron chi connectivity index (χ3n) is 4.08. The molecule has 3 rings (SSSR count). The number of aromatic amines is 1. The van der Waals surface area contributed by atoms with Crippen molar-refractivity contribution in [2.75, 3.05) is 19.0 Å². The molecule has 0 fully saturated rings. The number of pyridine rings is 1. The minimum Gasteiger partial charge on any atom is -0.375 e. The van der Waals surface area contributed by atoms with Crippen LogP contribution < -0.4 is 10.3 Å². The SMILES string of the molecule is CC.CC(C)c1cc2[nH]c3c(N(C)C)c(Cl)ccc3c(=O)c2cc1Br. The van der Waals surface area contributed by atoms with Crippen molar-refractivity contribution in [2.24, 2.45) is 0 Å². The Kier molecular flexibility index (Phi) is 6.17. The van der Waals surface area contributed by atoms with Crippen molar-refractivity contribution in [1.29, 1.82) is 0 Å². The number of halogens is 2. The number of H-pyrrole nitrogens is 1. The third kappa shape index (κ3) is 3.56. The summed E-state index contributed by atoms with van der Waals surface area (Å²) < 4.78 is 0.964. The molecule has 0 saturated carbocycles. The summed E-state index contributed by atoms with van der Waals surface area (Å²) in [7, 11) is 3.84. The molecule has 0 aliphatic carbocycles. The summed E-state index contributed by atoms with van der Waals surface area (Å²) in [4.78, 5) is 18.2. The van der Waals surface area contributed by atoms with Crippen molar-refractivity contribution in [3.8, 4) is 0 Å². The van der Waals surface area contributed by atoms with Gasteiger partial charge in [-0.05, 0) is 35.7 Å². The van der Waals surface area contributed by atoms with Gasteiger partial charge in [-0.25, -0.2) is 0 Å². The first-order valence-electron chi connectivity index (χ1n) is 8.46. The van der Waals surface area contributed by atoms with Crippen LogP contribution in [-0.2, 0) is 0 Å². The molecule has 1 N–H and O–H groups in total. The predicted molar refractivity (Wildman–Crippen MR) is 115 cm³/mol. The highest BCUT2D eigenvalue weighted by Crippen LogP contribution is 2.33. The minimum absolute atomic E-state index is 0.0181. The van der Waals surface area contributed by atoms with Gasteiger partial charge in [0.25, 0.3) is 0 Å². The van der Waals surface area contributed by atoms with Gasteiger partial charge in [0.2, 0.25) is 0 Å². The number of hydrogen-bond donors (Lipinski definition) is 1. The third-order valence-corrected chi connectivity index (χ3v) is 5.08. The molecule has 134 valence electrons. The van der Waals surface area contributed by atoms with Crippen LogP contribution in [0, 0.1) is 0 Å². The second kappa shape index (κ2) is 7.79. The quantitative estimate of drug-likeness (QED) is 0.490. The summed E-state index contributed by atoms with van der Waals surface area (Å²) in [5.41, 5.74) is 3.62. The van der Waals surface area contributed by atoms with Crippen molar-refractivity contribution in [2.45, 2.75) is 33.6 Å². The van der Waals surface area contributed by atoms with Crippen LogP contribution in [0.4, 0.5) is 5.69 Å². The molecule has 0 spiro atoms. The zero-order valence-electron chi connectivity index (χ0n) is 15.5. The Morgan fingerprint density at radius 3 is 2.32 bits per heavy atom. The Bertz CT molecular complexity index is 977. The Labute approximate surface area is 162 Å². The average molecular weight is 424 g/mol. The number of nitrogens with zero attached hydrogens (tertiary/aromatic N) is 1. The molecule has 0 atom stereocenters. The fourth-order valence-electron chi connectivity index (χ4n) is 2.92. The molecular formula is C20H24BrClN2O. The lowest BCUT2D eigenvalue weighted by Gasteiger charge is -2.18. The van der Waals surface area contributed by atoms with E-state index in [1.807, 2.05) is 45.0 Å². The normalized spacial score (nSPS) is 10.9. The van der Waals surface area contributed by atoms with Crippen LogP contribution in [0.2, 0.25) is 5.02 Å². The Morgan fingerprint density at radius 1 is 1.12 bits per heavy atom. The predicted octanol–water partition coefficient (Wildman–Crippen LogP) is 6.31. The number of rotatable bonds is 2. The molecule has 25 heavy (non-hydrogen) atoms. The standard InChI is InChI=1S/C18H18BrClN2O.C2H6/c1-9(2)11-8-15-12(7-13(11)19)18(23)10-5-6-14(20)17(22(3)4)16(10)21-15;1-2/h5-9H,1-4H3,(H,21,23);1-2H3. The highest BCUT2D eigenvalue weighted by molar-refractivity contribution is 9.10. The van der Waals surface area contributed by atoms with Crippen LogP contribution in [0.15, 0.2) is 33.5 Å². The zero-order valence-corrected chi connectivity index (χ0v) is 17.8. The molecule has 2 aromatic carbocycles. The number of anilines is 1. The van der Waals surface area contributed by atoms with E-state index in [4.69, 9.17) is 11.6 Å². The van der Waals surface area contributed by atoms with E-state index in [9.17, 15) is 4.79 Å². The molecule has 1 aromatic heterocycles. The molecule has 3 aromatic rings. The van der Waals surface area contributed by atoms with Crippen LogP contribution in [0.3, 0.4) is 0 Å². The number of nitrogens with one attached hydrogen (secondary N) is 1. The zero-order chi connectivity index (χ0) is 18.9. The maximum absolute atomic E-state index is 12.9. The summed E-state index contributed by atoms with van der Waals surface area (Å²) in [6.07, 6.45) is 0. The van der Waals surface area contributed by atoms with E-state index in [1.54, 1.807) is 12.1 Å². The van der Waals surface area contributed by atoms with Gasteiger partial charge in [0.15, 0.2) is 5.43 Å². The molecule has 0 aliphatic heterocycles. The lowest BCUT2D eigenvalue weighted by molar-refractivity contribution is 0.862. The van der Waals surface area contributed by atoms with Crippen LogP contribution in [0.1, 0.15) is 39.2 Å². The maximum atomic E-state index is 12.9. The molecule has 0 bridgehead atoms. The van der Waals surface area contributed by atoms with E-state index in [0.29, 0.717) is 21.7 Å². The summed E-state index contributed by atoms with van der Waals surface area (Å²) in [5, 5.41) is 1.95. The second-order valence-electron chi connectivity index (χ2n) is 6.24. The number of aromatic nitrogens is 1. The molecule has 0 aliphatic rings. The summed E-state index contributed by atoms with van der Waals surface area (Å²) >= 11 is 9.92. The monoisotopic (exact) mass is 422 g/mol. The van der Waals surface area contributed by atoms with E-state index in [1.165, 1.54) is 5.56 Å². The van der Waals surface area contributed by atoms with Gasteiger partial charge in [-0.3, -0.25) is 4.79 Å². The van der Waals surface area contributed by atoms with Crippen molar-refractivity contribution in [1.82, 2.24) is 4.98 Å². The molecule has 0 radical (unpaired) electrons. The lowest BCUT2D eigenvalue weighted by Crippen LogP contribution is -2.13. The summed E-state index contributed by atoms with van der Waals surface area (Å²) in [6.45, 7) is 8.26. The highest BCUT2D eigenvalue weighted by atomic mass is 79.9. The van der Waals surface area contributed by atoms with Gasteiger partial charge in [0, 0.05) is 29.3 Å². The minimum atomic E-state index is 0.0181. The Morgan fingerprint density at radius 2 is 1.76 bits per heavy atom. The number of hydrogen-bond acceptors (Lipinski definition) is 2. The van der Waals surface area contributed by atoms with Gasteiger partial charge in [-0.1, -0.05) is 55.2 Å².